The first-order valence-electron chi connectivity index (χ1n) is 9.17. The smallest absolute Gasteiger partial charge is 0.338 e. The number of hydrogen-bond acceptors (Lipinski definition) is 6. The molecule has 0 atom stereocenters. The fourth-order valence-electron chi connectivity index (χ4n) is 3.17. The van der Waals surface area contributed by atoms with E-state index >= 15 is 0 Å². The Labute approximate surface area is 169 Å². The maximum absolute atomic E-state index is 12.3. The maximum atomic E-state index is 12.3. The summed E-state index contributed by atoms with van der Waals surface area (Å²) in [6, 6.07) is 9.07. The minimum atomic E-state index is -3.22. The quantitative estimate of drug-likeness (QED) is 0.523. The van der Waals surface area contributed by atoms with E-state index in [1.54, 1.807) is 18.2 Å². The van der Waals surface area contributed by atoms with Crippen LogP contribution in [0, 0.1) is 0 Å². The number of sulfonamides is 1. The van der Waals surface area contributed by atoms with Crippen LogP contribution >= 0.6 is 11.3 Å². The Morgan fingerprint density at radius 1 is 1.11 bits per heavy atom. The second-order valence-electron chi connectivity index (χ2n) is 6.87. The zero-order chi connectivity index (χ0) is 20.1. The Balaban J connectivity index is 1.52. The van der Waals surface area contributed by atoms with Gasteiger partial charge in [-0.3, -0.25) is 4.79 Å². The molecule has 0 bridgehead atoms. The third kappa shape index (κ3) is 5.73. The predicted molar refractivity (Wildman–Crippen MR) is 109 cm³/mol. The fourth-order valence-corrected chi connectivity index (χ4v) is 4.57. The van der Waals surface area contributed by atoms with Crippen LogP contribution in [0.1, 0.15) is 48.9 Å². The summed E-state index contributed by atoms with van der Waals surface area (Å²) in [5, 5.41) is 0. The Hall–Kier alpha value is -2.03. The summed E-state index contributed by atoms with van der Waals surface area (Å²) < 4.78 is 29.7. The van der Waals surface area contributed by atoms with E-state index in [4.69, 9.17) is 4.74 Å². The van der Waals surface area contributed by atoms with Crippen molar-refractivity contribution in [3.8, 4) is 0 Å². The molecule has 0 fully saturated rings. The lowest BCUT2D eigenvalue weighted by atomic mass is 9.90. The molecule has 1 N–H and O–H groups in total. The second kappa shape index (κ2) is 8.98. The number of carbonyl (C=O) groups excluding carboxylic acids is 2. The van der Waals surface area contributed by atoms with Crippen molar-refractivity contribution in [2.24, 2.45) is 0 Å². The van der Waals surface area contributed by atoms with E-state index in [-0.39, 0.29) is 18.9 Å². The highest BCUT2D eigenvalue weighted by Gasteiger charge is 2.16. The van der Waals surface area contributed by atoms with Gasteiger partial charge in [0.25, 0.3) is 0 Å². The van der Waals surface area contributed by atoms with Gasteiger partial charge in [0.05, 0.1) is 16.7 Å². The number of benzene rings is 1. The van der Waals surface area contributed by atoms with Crippen molar-refractivity contribution in [2.75, 3.05) is 19.4 Å². The van der Waals surface area contributed by atoms with Gasteiger partial charge < -0.3 is 4.74 Å². The van der Waals surface area contributed by atoms with Crippen LogP contribution in [0.2, 0.25) is 0 Å². The number of ketones is 1. The number of nitrogens with one attached hydrogen (secondary N) is 1. The highest BCUT2D eigenvalue weighted by molar-refractivity contribution is 7.88. The van der Waals surface area contributed by atoms with Crippen molar-refractivity contribution in [3.05, 3.63) is 56.8 Å². The summed E-state index contributed by atoms with van der Waals surface area (Å²) in [6.45, 7) is -0.0300. The highest BCUT2D eigenvalue weighted by Crippen LogP contribution is 2.23. The first kappa shape index (κ1) is 20.7. The van der Waals surface area contributed by atoms with Gasteiger partial charge in [-0.05, 0) is 67.5 Å². The van der Waals surface area contributed by atoms with Crippen LogP contribution in [0.3, 0.4) is 0 Å². The molecular weight excluding hydrogens is 398 g/mol. The lowest BCUT2D eigenvalue weighted by molar-refractivity contribution is 0.0475. The summed E-state index contributed by atoms with van der Waals surface area (Å²) >= 11 is 1.28. The highest BCUT2D eigenvalue weighted by atomic mass is 32.2. The molecule has 0 radical (unpaired) electrons. The third-order valence-corrected chi connectivity index (χ3v) is 6.51. The largest absolute Gasteiger partial charge is 0.454 e. The van der Waals surface area contributed by atoms with E-state index in [0.29, 0.717) is 16.9 Å². The summed E-state index contributed by atoms with van der Waals surface area (Å²) in [7, 11) is -3.22. The molecule has 0 aliphatic heterocycles. The van der Waals surface area contributed by atoms with E-state index in [9.17, 15) is 18.0 Å². The molecule has 3 rings (SSSR count). The zero-order valence-electron chi connectivity index (χ0n) is 15.7. The Bertz CT molecular complexity index is 978. The minimum absolute atomic E-state index is 0.265. The average Bonchev–Trinajstić information content (AvgIpc) is 3.13. The number of ether oxygens (including phenoxy) is 1. The molecule has 0 amide bonds. The van der Waals surface area contributed by atoms with Crippen LogP contribution in [0.5, 0.6) is 0 Å². The molecule has 8 heteroatoms. The van der Waals surface area contributed by atoms with Crippen molar-refractivity contribution < 1.29 is 22.7 Å². The van der Waals surface area contributed by atoms with E-state index < -0.39 is 16.0 Å². The molecule has 1 aliphatic carbocycles. The number of esters is 1. The zero-order valence-corrected chi connectivity index (χ0v) is 17.3. The number of carbonyl (C=O) groups is 2. The van der Waals surface area contributed by atoms with Crippen LogP contribution in [0.4, 0.5) is 0 Å². The lowest BCUT2D eigenvalue weighted by Crippen LogP contribution is -2.24. The standard InChI is InChI=1S/C20H23NO5S2/c1-28(24,25)21-11-10-17-8-9-19(27-17)18(22)13-26-20(23)16-7-6-14-4-2-3-5-15(14)12-16/h6-9,12,21H,2-5,10-11,13H2,1H3. The van der Waals surface area contributed by atoms with Crippen LogP contribution < -0.4 is 4.72 Å². The van der Waals surface area contributed by atoms with Crippen LogP contribution in [-0.4, -0.2) is 39.6 Å². The number of hydrogen-bond donors (Lipinski definition) is 1. The molecular formula is C20H23NO5S2. The van der Waals surface area contributed by atoms with E-state index in [1.807, 2.05) is 12.1 Å². The molecule has 1 heterocycles. The van der Waals surface area contributed by atoms with Gasteiger partial charge in [-0.25, -0.2) is 17.9 Å². The Kier molecular flexibility index (Phi) is 6.64. The Morgan fingerprint density at radius 2 is 1.86 bits per heavy atom. The van der Waals surface area contributed by atoms with Gasteiger partial charge in [0, 0.05) is 11.4 Å². The summed E-state index contributed by atoms with van der Waals surface area (Å²) in [4.78, 5) is 25.9. The first-order valence-corrected chi connectivity index (χ1v) is 11.9. The lowest BCUT2D eigenvalue weighted by Gasteiger charge is -2.16. The summed E-state index contributed by atoms with van der Waals surface area (Å²) in [5.41, 5.74) is 2.96. The van der Waals surface area contributed by atoms with Gasteiger partial charge in [-0.2, -0.15) is 0 Å². The van der Waals surface area contributed by atoms with Gasteiger partial charge in [-0.15, -0.1) is 11.3 Å². The third-order valence-electron chi connectivity index (χ3n) is 4.59. The normalized spacial score (nSPS) is 13.8. The molecule has 150 valence electrons. The molecule has 2 aromatic rings. The fraction of sp³-hybridized carbons (Fsp3) is 0.400. The molecule has 6 nitrogen and oxygen atoms in total. The van der Waals surface area contributed by atoms with E-state index in [1.165, 1.54) is 28.9 Å². The van der Waals surface area contributed by atoms with E-state index in [2.05, 4.69) is 4.72 Å². The van der Waals surface area contributed by atoms with Crippen LogP contribution in [0.15, 0.2) is 30.3 Å². The van der Waals surface area contributed by atoms with Gasteiger partial charge in [0.2, 0.25) is 15.8 Å². The number of Topliss-reactive ketones (excluding diaryl/α,β-unsaturated/α-hetero) is 1. The second-order valence-corrected chi connectivity index (χ2v) is 9.87. The van der Waals surface area contributed by atoms with Crippen LogP contribution in [0.25, 0.3) is 0 Å². The molecule has 1 aromatic carbocycles. The molecule has 0 saturated carbocycles. The molecule has 0 spiro atoms. The topological polar surface area (TPSA) is 89.5 Å². The van der Waals surface area contributed by atoms with Gasteiger partial charge in [0.15, 0.2) is 6.61 Å². The number of thiophene rings is 1. The monoisotopic (exact) mass is 421 g/mol. The number of rotatable bonds is 8. The maximum Gasteiger partial charge on any atom is 0.338 e. The first-order chi connectivity index (χ1) is 13.3. The Morgan fingerprint density at radius 3 is 2.61 bits per heavy atom. The SMILES string of the molecule is CS(=O)(=O)NCCc1ccc(C(=O)COC(=O)c2ccc3c(c2)CCCC3)s1. The van der Waals surface area contributed by atoms with Gasteiger partial charge >= 0.3 is 5.97 Å². The molecule has 0 saturated heterocycles. The number of aryl methyl sites for hydroxylation is 2. The van der Waals surface area contributed by atoms with Crippen LogP contribution in [-0.2, 0) is 34.0 Å². The molecule has 28 heavy (non-hydrogen) atoms. The number of fused-ring (bicyclic) bond motifs is 1. The van der Waals surface area contributed by atoms with E-state index in [0.717, 1.165) is 30.4 Å². The van der Waals surface area contributed by atoms with Crippen molar-refractivity contribution >= 4 is 33.1 Å². The average molecular weight is 422 g/mol. The summed E-state index contributed by atoms with van der Waals surface area (Å²) in [5.74, 6) is -0.755. The molecule has 1 aliphatic rings. The van der Waals surface area contributed by atoms with Crippen molar-refractivity contribution in [1.82, 2.24) is 4.72 Å². The predicted octanol–water partition coefficient (Wildman–Crippen LogP) is 2.76. The molecule has 0 unspecified atom stereocenters. The van der Waals surface area contributed by atoms with Gasteiger partial charge in [-0.1, -0.05) is 6.07 Å². The minimum Gasteiger partial charge on any atom is -0.454 e. The molecule has 1 aromatic heterocycles. The summed E-state index contributed by atoms with van der Waals surface area (Å²) in [6.07, 6.45) is 5.93. The van der Waals surface area contributed by atoms with Crippen molar-refractivity contribution in [2.45, 2.75) is 32.1 Å². The van der Waals surface area contributed by atoms with Crippen molar-refractivity contribution in [3.63, 3.8) is 0 Å². The van der Waals surface area contributed by atoms with Crippen molar-refractivity contribution in [1.29, 1.82) is 0 Å². The van der Waals surface area contributed by atoms with Gasteiger partial charge in [0.1, 0.15) is 0 Å².